The molecule has 0 radical (unpaired) electrons. The third-order valence-electron chi connectivity index (χ3n) is 4.96. The van der Waals surface area contributed by atoms with E-state index in [-0.39, 0.29) is 18.3 Å². The van der Waals surface area contributed by atoms with Crippen LogP contribution in [0.2, 0.25) is 0 Å². The summed E-state index contributed by atoms with van der Waals surface area (Å²) < 4.78 is 48.7. The maximum Gasteiger partial charge on any atom is 0.416 e. The fraction of sp³-hybridized carbons (Fsp3) is 0.350. The van der Waals surface area contributed by atoms with Gasteiger partial charge in [0.05, 0.1) is 5.56 Å². The molecule has 0 aliphatic carbocycles. The molecule has 2 aliphatic rings. The van der Waals surface area contributed by atoms with E-state index < -0.39 is 11.7 Å². The molecule has 28 heavy (non-hydrogen) atoms. The van der Waals surface area contributed by atoms with Gasteiger partial charge in [-0.3, -0.25) is 9.69 Å². The highest BCUT2D eigenvalue weighted by Gasteiger charge is 2.30. The molecule has 0 unspecified atom stereocenters. The van der Waals surface area contributed by atoms with Crippen LogP contribution in [0.15, 0.2) is 42.5 Å². The van der Waals surface area contributed by atoms with Gasteiger partial charge >= 0.3 is 6.18 Å². The van der Waals surface area contributed by atoms with Gasteiger partial charge in [-0.05, 0) is 42.0 Å². The summed E-state index contributed by atoms with van der Waals surface area (Å²) in [5, 5.41) is 0. The van der Waals surface area contributed by atoms with Gasteiger partial charge in [-0.2, -0.15) is 13.2 Å². The number of alkyl halides is 3. The molecule has 1 fully saturated rings. The Morgan fingerprint density at radius 2 is 1.61 bits per heavy atom. The van der Waals surface area contributed by atoms with E-state index in [2.05, 4.69) is 4.90 Å². The minimum absolute atomic E-state index is 0.239. The Morgan fingerprint density at radius 3 is 2.29 bits per heavy atom. The van der Waals surface area contributed by atoms with Crippen molar-refractivity contribution in [1.82, 2.24) is 9.80 Å². The minimum Gasteiger partial charge on any atom is -0.454 e. The van der Waals surface area contributed by atoms with E-state index in [1.807, 2.05) is 18.2 Å². The summed E-state index contributed by atoms with van der Waals surface area (Å²) in [6, 6.07) is 10.2. The van der Waals surface area contributed by atoms with Crippen LogP contribution in [0.5, 0.6) is 11.5 Å². The average Bonchev–Trinajstić information content (AvgIpc) is 3.15. The predicted octanol–water partition coefficient (Wildman–Crippen LogP) is 3.39. The first kappa shape index (κ1) is 18.6. The molecule has 2 aromatic carbocycles. The van der Waals surface area contributed by atoms with Crippen molar-refractivity contribution in [3.63, 3.8) is 0 Å². The van der Waals surface area contributed by atoms with Crippen LogP contribution >= 0.6 is 0 Å². The number of hydrogen-bond donors (Lipinski definition) is 0. The Bertz CT molecular complexity index is 860. The van der Waals surface area contributed by atoms with Crippen LogP contribution in [-0.4, -0.2) is 48.7 Å². The lowest BCUT2D eigenvalue weighted by atomic mass is 10.1. The first-order valence-electron chi connectivity index (χ1n) is 8.97. The molecule has 0 spiro atoms. The SMILES string of the molecule is O=C(c1ccc(C(F)(F)F)cc1)N1CCN(Cc2ccc3c(c2)OCO3)CC1. The number of hydrogen-bond acceptors (Lipinski definition) is 4. The molecule has 1 amide bonds. The molecular formula is C20H19F3N2O3. The molecule has 0 atom stereocenters. The van der Waals surface area contributed by atoms with Gasteiger partial charge in [0.15, 0.2) is 11.5 Å². The van der Waals surface area contributed by atoms with Gasteiger partial charge in [-0.25, -0.2) is 0 Å². The molecule has 2 heterocycles. The number of fused-ring (bicyclic) bond motifs is 1. The minimum atomic E-state index is -4.40. The van der Waals surface area contributed by atoms with Crippen LogP contribution in [0.25, 0.3) is 0 Å². The van der Waals surface area contributed by atoms with Crippen molar-refractivity contribution in [2.45, 2.75) is 12.7 Å². The highest BCUT2D eigenvalue weighted by molar-refractivity contribution is 5.94. The van der Waals surface area contributed by atoms with Gasteiger partial charge < -0.3 is 14.4 Å². The van der Waals surface area contributed by atoms with Crippen LogP contribution in [0.1, 0.15) is 21.5 Å². The molecule has 4 rings (SSSR count). The van der Waals surface area contributed by atoms with Gasteiger partial charge in [0, 0.05) is 38.3 Å². The third-order valence-corrected chi connectivity index (χ3v) is 4.96. The number of nitrogens with zero attached hydrogens (tertiary/aromatic N) is 2. The molecule has 5 nitrogen and oxygen atoms in total. The lowest BCUT2D eigenvalue weighted by Gasteiger charge is -2.34. The summed E-state index contributed by atoms with van der Waals surface area (Å²) in [4.78, 5) is 16.5. The zero-order valence-electron chi connectivity index (χ0n) is 15.0. The number of amides is 1. The summed E-state index contributed by atoms with van der Waals surface area (Å²) in [5.74, 6) is 1.25. The maximum absolute atomic E-state index is 12.7. The summed E-state index contributed by atoms with van der Waals surface area (Å²) in [5.41, 5.74) is 0.626. The fourth-order valence-corrected chi connectivity index (χ4v) is 3.39. The number of carbonyl (C=O) groups excluding carboxylic acids is 1. The second kappa shape index (κ2) is 7.35. The van der Waals surface area contributed by atoms with E-state index in [0.717, 1.165) is 35.7 Å². The molecular weight excluding hydrogens is 373 g/mol. The molecule has 0 bridgehead atoms. The van der Waals surface area contributed by atoms with E-state index in [4.69, 9.17) is 9.47 Å². The van der Waals surface area contributed by atoms with Crippen molar-refractivity contribution >= 4 is 5.91 Å². The van der Waals surface area contributed by atoms with Gasteiger partial charge in [0.2, 0.25) is 6.79 Å². The van der Waals surface area contributed by atoms with E-state index in [0.29, 0.717) is 26.2 Å². The molecule has 2 aliphatic heterocycles. The molecule has 0 saturated carbocycles. The van der Waals surface area contributed by atoms with Crippen LogP contribution in [-0.2, 0) is 12.7 Å². The summed E-state index contributed by atoms with van der Waals surface area (Å²) in [6.45, 7) is 3.43. The Morgan fingerprint density at radius 1 is 0.929 bits per heavy atom. The average molecular weight is 392 g/mol. The molecule has 148 valence electrons. The Balaban J connectivity index is 1.33. The molecule has 0 aromatic heterocycles. The van der Waals surface area contributed by atoms with Crippen LogP contribution in [0.3, 0.4) is 0 Å². The van der Waals surface area contributed by atoms with Gasteiger partial charge in [0.1, 0.15) is 0 Å². The van der Waals surface area contributed by atoms with Crippen molar-refractivity contribution < 1.29 is 27.4 Å². The van der Waals surface area contributed by atoms with Crippen molar-refractivity contribution in [2.24, 2.45) is 0 Å². The number of halogens is 3. The Kier molecular flexibility index (Phi) is 4.89. The van der Waals surface area contributed by atoms with Crippen LogP contribution in [0.4, 0.5) is 13.2 Å². The van der Waals surface area contributed by atoms with E-state index in [9.17, 15) is 18.0 Å². The lowest BCUT2D eigenvalue weighted by molar-refractivity contribution is -0.137. The van der Waals surface area contributed by atoms with E-state index >= 15 is 0 Å². The summed E-state index contributed by atoms with van der Waals surface area (Å²) in [7, 11) is 0. The fourth-order valence-electron chi connectivity index (χ4n) is 3.39. The largest absolute Gasteiger partial charge is 0.454 e. The number of benzene rings is 2. The van der Waals surface area contributed by atoms with Gasteiger partial charge in [-0.1, -0.05) is 6.07 Å². The van der Waals surface area contributed by atoms with Crippen molar-refractivity contribution in [1.29, 1.82) is 0 Å². The zero-order chi connectivity index (χ0) is 19.7. The second-order valence-electron chi connectivity index (χ2n) is 6.83. The monoisotopic (exact) mass is 392 g/mol. The second-order valence-corrected chi connectivity index (χ2v) is 6.83. The first-order chi connectivity index (χ1) is 13.4. The lowest BCUT2D eigenvalue weighted by Crippen LogP contribution is -2.48. The quantitative estimate of drug-likeness (QED) is 0.803. The van der Waals surface area contributed by atoms with Crippen LogP contribution < -0.4 is 9.47 Å². The molecule has 8 heteroatoms. The topological polar surface area (TPSA) is 42.0 Å². The number of rotatable bonds is 3. The normalized spacial score (nSPS) is 17.0. The molecule has 2 aromatic rings. The molecule has 0 N–H and O–H groups in total. The highest BCUT2D eigenvalue weighted by atomic mass is 19.4. The van der Waals surface area contributed by atoms with E-state index in [1.165, 1.54) is 12.1 Å². The van der Waals surface area contributed by atoms with Crippen molar-refractivity contribution in [3.8, 4) is 11.5 Å². The van der Waals surface area contributed by atoms with Crippen LogP contribution in [0, 0.1) is 0 Å². The summed E-state index contributed by atoms with van der Waals surface area (Å²) in [6.07, 6.45) is -4.40. The van der Waals surface area contributed by atoms with Crippen molar-refractivity contribution in [2.75, 3.05) is 33.0 Å². The zero-order valence-corrected chi connectivity index (χ0v) is 15.0. The van der Waals surface area contributed by atoms with Crippen molar-refractivity contribution in [3.05, 3.63) is 59.2 Å². The maximum atomic E-state index is 12.7. The Labute approximate surface area is 160 Å². The number of ether oxygens (including phenoxy) is 2. The first-order valence-corrected chi connectivity index (χ1v) is 8.97. The van der Waals surface area contributed by atoms with Gasteiger partial charge in [0.25, 0.3) is 5.91 Å². The smallest absolute Gasteiger partial charge is 0.416 e. The predicted molar refractivity (Wildman–Crippen MR) is 95.2 cm³/mol. The number of piperazine rings is 1. The standard InChI is InChI=1S/C20H19F3N2O3/c21-20(22,23)16-4-2-15(3-5-16)19(26)25-9-7-24(8-10-25)12-14-1-6-17-18(11-14)28-13-27-17/h1-6,11H,7-10,12-13H2. The van der Waals surface area contributed by atoms with E-state index in [1.54, 1.807) is 4.90 Å². The Hall–Kier alpha value is -2.74. The number of carbonyl (C=O) groups is 1. The third kappa shape index (κ3) is 3.91. The molecule has 1 saturated heterocycles. The highest BCUT2D eigenvalue weighted by Crippen LogP contribution is 2.33. The summed E-state index contributed by atoms with van der Waals surface area (Å²) >= 11 is 0. The van der Waals surface area contributed by atoms with Gasteiger partial charge in [-0.15, -0.1) is 0 Å².